The highest BCUT2D eigenvalue weighted by Crippen LogP contribution is 2.18. The largest absolute Gasteiger partial charge is 0.508 e. The van der Waals surface area contributed by atoms with Gasteiger partial charge in [0.2, 0.25) is 5.88 Å². The molecule has 0 spiro atoms. The number of phenols is 1. The first-order chi connectivity index (χ1) is 9.19. The lowest BCUT2D eigenvalue weighted by Crippen LogP contribution is -2.06. The topological polar surface area (TPSA) is 54.4 Å². The number of halogens is 1. The summed E-state index contributed by atoms with van der Waals surface area (Å²) >= 11 is 0. The molecule has 1 aromatic carbocycles. The van der Waals surface area contributed by atoms with E-state index in [1.165, 1.54) is 18.2 Å². The van der Waals surface area contributed by atoms with Crippen LogP contribution in [0.2, 0.25) is 0 Å². The zero-order valence-corrected chi connectivity index (χ0v) is 10.6. The monoisotopic (exact) mass is 262 g/mol. The number of aromatic nitrogens is 1. The van der Waals surface area contributed by atoms with Crippen LogP contribution in [-0.2, 0) is 6.42 Å². The molecule has 4 nitrogen and oxygen atoms in total. The van der Waals surface area contributed by atoms with Crippen LogP contribution in [-0.4, -0.2) is 23.7 Å². The van der Waals surface area contributed by atoms with Gasteiger partial charge in [0.15, 0.2) is 0 Å². The van der Waals surface area contributed by atoms with Gasteiger partial charge in [0.25, 0.3) is 0 Å². The van der Waals surface area contributed by atoms with Gasteiger partial charge in [0, 0.05) is 12.6 Å². The molecule has 5 heteroatoms. The van der Waals surface area contributed by atoms with Crippen molar-refractivity contribution >= 4 is 5.82 Å². The summed E-state index contributed by atoms with van der Waals surface area (Å²) in [6, 6.07) is 9.31. The van der Waals surface area contributed by atoms with Crippen molar-refractivity contribution in [1.29, 1.82) is 0 Å². The van der Waals surface area contributed by atoms with Crippen LogP contribution in [0.1, 0.15) is 5.56 Å². The van der Waals surface area contributed by atoms with Crippen molar-refractivity contribution in [3.63, 3.8) is 0 Å². The first-order valence-electron chi connectivity index (χ1n) is 5.91. The smallest absolute Gasteiger partial charge is 0.214 e. The summed E-state index contributed by atoms with van der Waals surface area (Å²) in [5.74, 6) is 0.947. The molecular formula is C14H15FN2O2. The van der Waals surface area contributed by atoms with Gasteiger partial charge in [-0.15, -0.1) is 0 Å². The van der Waals surface area contributed by atoms with Crippen molar-refractivity contribution in [3.8, 4) is 11.6 Å². The van der Waals surface area contributed by atoms with Crippen LogP contribution < -0.4 is 10.1 Å². The van der Waals surface area contributed by atoms with E-state index < -0.39 is 0 Å². The Morgan fingerprint density at radius 1 is 1.32 bits per heavy atom. The first kappa shape index (κ1) is 13.1. The standard InChI is InChI=1S/C14H15FN2O2/c1-19-14-4-2-3-13(17-14)16-8-7-10-9-11(15)5-6-12(10)18/h2-6,9,18H,7-8H2,1H3,(H,16,17). The average molecular weight is 262 g/mol. The molecule has 2 N–H and O–H groups in total. The Hall–Kier alpha value is -2.30. The number of nitrogens with zero attached hydrogens (tertiary/aromatic N) is 1. The summed E-state index contributed by atoms with van der Waals surface area (Å²) in [6.45, 7) is 0.539. The van der Waals surface area contributed by atoms with Gasteiger partial charge in [-0.2, -0.15) is 4.98 Å². The van der Waals surface area contributed by atoms with Crippen molar-refractivity contribution < 1.29 is 14.2 Å². The summed E-state index contributed by atoms with van der Waals surface area (Å²) < 4.78 is 18.0. The number of pyridine rings is 1. The van der Waals surface area contributed by atoms with Gasteiger partial charge >= 0.3 is 0 Å². The van der Waals surface area contributed by atoms with Crippen LogP contribution in [0, 0.1) is 5.82 Å². The summed E-state index contributed by atoms with van der Waals surface area (Å²) in [7, 11) is 1.55. The molecule has 0 amide bonds. The molecule has 0 aliphatic carbocycles. The zero-order chi connectivity index (χ0) is 13.7. The summed E-state index contributed by atoms with van der Waals surface area (Å²) in [5, 5.41) is 12.7. The molecule has 1 heterocycles. The number of ether oxygens (including phenoxy) is 1. The van der Waals surface area contributed by atoms with Crippen molar-refractivity contribution in [2.75, 3.05) is 19.0 Å². The van der Waals surface area contributed by atoms with E-state index in [0.717, 1.165) is 0 Å². The van der Waals surface area contributed by atoms with Crippen LogP contribution >= 0.6 is 0 Å². The SMILES string of the molecule is COc1cccc(NCCc2cc(F)ccc2O)n1. The Labute approximate surface area is 110 Å². The van der Waals surface area contributed by atoms with E-state index in [1.807, 2.05) is 12.1 Å². The van der Waals surface area contributed by atoms with E-state index in [-0.39, 0.29) is 11.6 Å². The predicted octanol–water partition coefficient (Wildman–Crippen LogP) is 2.59. The van der Waals surface area contributed by atoms with E-state index in [0.29, 0.717) is 30.2 Å². The highest BCUT2D eigenvalue weighted by molar-refractivity contribution is 5.38. The van der Waals surface area contributed by atoms with Crippen molar-refractivity contribution in [3.05, 3.63) is 47.8 Å². The van der Waals surface area contributed by atoms with Gasteiger partial charge in [-0.3, -0.25) is 0 Å². The fourth-order valence-corrected chi connectivity index (χ4v) is 1.71. The predicted molar refractivity (Wildman–Crippen MR) is 71.0 cm³/mol. The fraction of sp³-hybridized carbons (Fsp3) is 0.214. The highest BCUT2D eigenvalue weighted by Gasteiger charge is 2.03. The van der Waals surface area contributed by atoms with Gasteiger partial charge in [-0.05, 0) is 36.2 Å². The Bertz CT molecular complexity index is 561. The molecule has 0 radical (unpaired) electrons. The number of aromatic hydroxyl groups is 1. The lowest BCUT2D eigenvalue weighted by atomic mass is 10.1. The molecule has 0 fully saturated rings. The molecule has 2 rings (SSSR count). The average Bonchev–Trinajstić information content (AvgIpc) is 2.43. The van der Waals surface area contributed by atoms with E-state index in [9.17, 15) is 9.50 Å². The number of hydrogen-bond acceptors (Lipinski definition) is 4. The van der Waals surface area contributed by atoms with Gasteiger partial charge in [0.05, 0.1) is 7.11 Å². The van der Waals surface area contributed by atoms with E-state index in [1.54, 1.807) is 13.2 Å². The molecule has 2 aromatic rings. The van der Waals surface area contributed by atoms with Gasteiger partial charge in [-0.25, -0.2) is 4.39 Å². The maximum Gasteiger partial charge on any atom is 0.214 e. The summed E-state index contributed by atoms with van der Waals surface area (Å²) in [4.78, 5) is 4.19. The lowest BCUT2D eigenvalue weighted by Gasteiger charge is -2.08. The molecule has 0 aliphatic heterocycles. The quantitative estimate of drug-likeness (QED) is 0.869. The summed E-state index contributed by atoms with van der Waals surface area (Å²) in [6.07, 6.45) is 0.502. The third kappa shape index (κ3) is 3.58. The van der Waals surface area contributed by atoms with Crippen LogP contribution in [0.3, 0.4) is 0 Å². The van der Waals surface area contributed by atoms with Crippen LogP contribution in [0.5, 0.6) is 11.6 Å². The van der Waals surface area contributed by atoms with Crippen molar-refractivity contribution in [2.24, 2.45) is 0 Å². The van der Waals surface area contributed by atoms with Crippen molar-refractivity contribution in [2.45, 2.75) is 6.42 Å². The van der Waals surface area contributed by atoms with Crippen LogP contribution in [0.4, 0.5) is 10.2 Å². The Balaban J connectivity index is 1.94. The van der Waals surface area contributed by atoms with E-state index in [4.69, 9.17) is 4.74 Å². The Morgan fingerprint density at radius 2 is 2.16 bits per heavy atom. The molecule has 0 bridgehead atoms. The second kappa shape index (κ2) is 6.04. The Kier molecular flexibility index (Phi) is 4.18. The van der Waals surface area contributed by atoms with Crippen LogP contribution in [0.25, 0.3) is 0 Å². The van der Waals surface area contributed by atoms with E-state index in [2.05, 4.69) is 10.3 Å². The first-order valence-corrected chi connectivity index (χ1v) is 5.91. The molecule has 19 heavy (non-hydrogen) atoms. The maximum atomic E-state index is 13.0. The number of benzene rings is 1. The lowest BCUT2D eigenvalue weighted by molar-refractivity contribution is 0.398. The fourth-order valence-electron chi connectivity index (χ4n) is 1.71. The number of methoxy groups -OCH3 is 1. The third-order valence-corrected chi connectivity index (χ3v) is 2.67. The van der Waals surface area contributed by atoms with Gasteiger partial charge in [-0.1, -0.05) is 6.07 Å². The summed E-state index contributed by atoms with van der Waals surface area (Å²) in [5.41, 5.74) is 0.565. The maximum absolute atomic E-state index is 13.0. The molecule has 0 saturated carbocycles. The molecular weight excluding hydrogens is 247 g/mol. The minimum absolute atomic E-state index is 0.0989. The second-order valence-electron chi connectivity index (χ2n) is 4.02. The van der Waals surface area contributed by atoms with Crippen LogP contribution in [0.15, 0.2) is 36.4 Å². The number of rotatable bonds is 5. The minimum atomic E-state index is -0.354. The number of hydrogen-bond donors (Lipinski definition) is 2. The van der Waals surface area contributed by atoms with Gasteiger partial charge < -0.3 is 15.2 Å². The molecule has 0 unspecified atom stereocenters. The number of nitrogens with one attached hydrogen (secondary N) is 1. The molecule has 0 atom stereocenters. The third-order valence-electron chi connectivity index (χ3n) is 2.67. The zero-order valence-electron chi connectivity index (χ0n) is 10.6. The Morgan fingerprint density at radius 3 is 2.95 bits per heavy atom. The van der Waals surface area contributed by atoms with Gasteiger partial charge in [0.1, 0.15) is 17.4 Å². The minimum Gasteiger partial charge on any atom is -0.508 e. The van der Waals surface area contributed by atoms with E-state index >= 15 is 0 Å². The second-order valence-corrected chi connectivity index (χ2v) is 4.02. The highest BCUT2D eigenvalue weighted by atomic mass is 19.1. The molecule has 1 aromatic heterocycles. The number of anilines is 1. The number of phenolic OH excluding ortho intramolecular Hbond substituents is 1. The molecule has 0 saturated heterocycles. The molecule has 0 aliphatic rings. The normalized spacial score (nSPS) is 10.2. The van der Waals surface area contributed by atoms with Crippen molar-refractivity contribution in [1.82, 2.24) is 4.98 Å². The molecule has 100 valence electrons.